The average Bonchev–Trinajstić information content (AvgIpc) is 2.62. The van der Waals surface area contributed by atoms with Crippen molar-refractivity contribution in [1.82, 2.24) is 9.55 Å². The summed E-state index contributed by atoms with van der Waals surface area (Å²) in [5.41, 5.74) is 7.26. The Balaban J connectivity index is 2.08. The first-order valence-corrected chi connectivity index (χ1v) is 9.68. The standard InChI is InChI=1S/C22H29N3O3/c1-14(2)12-22(4,23)13-28-16-5-6-17-18-7-8-24-15(3)20(18)25(9-10-26)21(27)19(17)11-16/h5-8,11,14,26H,9-10,12-13,23H2,1-4H3/t22-/m0/s1. The molecule has 0 aliphatic heterocycles. The number of nitrogens with two attached hydrogens (primary N) is 1. The number of hydrogen-bond acceptors (Lipinski definition) is 5. The Morgan fingerprint density at radius 2 is 2.00 bits per heavy atom. The average molecular weight is 383 g/mol. The van der Waals surface area contributed by atoms with Gasteiger partial charge in [0.25, 0.3) is 5.56 Å². The summed E-state index contributed by atoms with van der Waals surface area (Å²) in [6.07, 6.45) is 2.59. The molecule has 3 aromatic rings. The molecule has 2 aromatic heterocycles. The molecule has 0 aliphatic rings. The minimum Gasteiger partial charge on any atom is -0.492 e. The Kier molecular flexibility index (Phi) is 5.72. The molecule has 28 heavy (non-hydrogen) atoms. The Hall–Kier alpha value is -2.44. The second kappa shape index (κ2) is 7.89. The molecular weight excluding hydrogens is 354 g/mol. The zero-order valence-electron chi connectivity index (χ0n) is 17.0. The van der Waals surface area contributed by atoms with Crippen LogP contribution in [-0.4, -0.2) is 33.4 Å². The Morgan fingerprint density at radius 1 is 1.25 bits per heavy atom. The molecule has 0 amide bonds. The van der Waals surface area contributed by atoms with Crippen LogP contribution in [0.4, 0.5) is 0 Å². The van der Waals surface area contributed by atoms with Crippen molar-refractivity contribution in [3.05, 3.63) is 46.5 Å². The number of nitrogens with zero attached hydrogens (tertiary/aromatic N) is 2. The highest BCUT2D eigenvalue weighted by Gasteiger charge is 2.21. The number of hydrogen-bond donors (Lipinski definition) is 2. The smallest absolute Gasteiger partial charge is 0.259 e. The van der Waals surface area contributed by atoms with Crippen molar-refractivity contribution in [2.75, 3.05) is 13.2 Å². The highest BCUT2D eigenvalue weighted by molar-refractivity contribution is 6.06. The molecule has 0 radical (unpaired) electrons. The van der Waals surface area contributed by atoms with Gasteiger partial charge in [-0.2, -0.15) is 0 Å². The van der Waals surface area contributed by atoms with Gasteiger partial charge in [0.15, 0.2) is 0 Å². The van der Waals surface area contributed by atoms with Crippen LogP contribution in [0.1, 0.15) is 32.9 Å². The lowest BCUT2D eigenvalue weighted by molar-refractivity contribution is 0.207. The third-order valence-electron chi connectivity index (χ3n) is 4.90. The van der Waals surface area contributed by atoms with E-state index in [-0.39, 0.29) is 18.7 Å². The monoisotopic (exact) mass is 383 g/mol. The largest absolute Gasteiger partial charge is 0.492 e. The maximum Gasteiger partial charge on any atom is 0.259 e. The van der Waals surface area contributed by atoms with Crippen LogP contribution in [0.3, 0.4) is 0 Å². The first kappa shape index (κ1) is 20.3. The van der Waals surface area contributed by atoms with Crippen molar-refractivity contribution >= 4 is 21.7 Å². The highest BCUT2D eigenvalue weighted by atomic mass is 16.5. The van der Waals surface area contributed by atoms with E-state index >= 15 is 0 Å². The van der Waals surface area contributed by atoms with Gasteiger partial charge in [0.1, 0.15) is 12.4 Å². The summed E-state index contributed by atoms with van der Waals surface area (Å²) in [5.74, 6) is 1.09. The molecule has 6 heteroatoms. The van der Waals surface area contributed by atoms with Crippen molar-refractivity contribution in [3.8, 4) is 5.75 Å². The lowest BCUT2D eigenvalue weighted by Gasteiger charge is -2.26. The van der Waals surface area contributed by atoms with Crippen molar-refractivity contribution < 1.29 is 9.84 Å². The number of pyridine rings is 2. The lowest BCUT2D eigenvalue weighted by atomic mass is 9.93. The van der Waals surface area contributed by atoms with Gasteiger partial charge in [-0.3, -0.25) is 9.78 Å². The number of fused-ring (bicyclic) bond motifs is 3. The number of ether oxygens (including phenoxy) is 1. The molecule has 1 atom stereocenters. The predicted molar refractivity (Wildman–Crippen MR) is 113 cm³/mol. The zero-order chi connectivity index (χ0) is 20.5. The van der Waals surface area contributed by atoms with E-state index in [1.807, 2.05) is 32.0 Å². The zero-order valence-corrected chi connectivity index (χ0v) is 17.0. The van der Waals surface area contributed by atoms with Gasteiger partial charge in [-0.25, -0.2) is 0 Å². The van der Waals surface area contributed by atoms with Crippen LogP contribution in [0.2, 0.25) is 0 Å². The van der Waals surface area contributed by atoms with Gasteiger partial charge < -0.3 is 20.1 Å². The molecule has 1 aromatic carbocycles. The van der Waals surface area contributed by atoms with Crippen LogP contribution in [0.5, 0.6) is 5.75 Å². The predicted octanol–water partition coefficient (Wildman–Crippen LogP) is 2.99. The molecule has 150 valence electrons. The molecule has 0 saturated carbocycles. The number of rotatable bonds is 7. The van der Waals surface area contributed by atoms with Crippen molar-refractivity contribution in [2.24, 2.45) is 11.7 Å². The molecule has 2 heterocycles. The summed E-state index contributed by atoms with van der Waals surface area (Å²) in [4.78, 5) is 17.4. The van der Waals surface area contributed by atoms with E-state index < -0.39 is 5.54 Å². The number of aliphatic hydroxyl groups is 1. The van der Waals surface area contributed by atoms with Gasteiger partial charge in [0.2, 0.25) is 0 Å². The summed E-state index contributed by atoms with van der Waals surface area (Å²) in [6, 6.07) is 7.45. The van der Waals surface area contributed by atoms with E-state index in [2.05, 4.69) is 18.8 Å². The Labute approximate surface area is 165 Å². The molecule has 3 N–H and O–H groups in total. The van der Waals surface area contributed by atoms with E-state index in [0.29, 0.717) is 23.7 Å². The van der Waals surface area contributed by atoms with E-state index in [1.54, 1.807) is 16.8 Å². The van der Waals surface area contributed by atoms with Crippen LogP contribution in [0.25, 0.3) is 21.7 Å². The fourth-order valence-electron chi connectivity index (χ4n) is 3.94. The number of benzene rings is 1. The fourth-order valence-corrected chi connectivity index (χ4v) is 3.94. The number of aliphatic hydroxyl groups excluding tert-OH is 1. The number of aromatic nitrogens is 2. The summed E-state index contributed by atoms with van der Waals surface area (Å²) in [5, 5.41) is 11.8. The van der Waals surface area contributed by atoms with Crippen molar-refractivity contribution in [2.45, 2.75) is 46.2 Å². The maximum absolute atomic E-state index is 13.1. The SMILES string of the molecule is Cc1nccc2c3ccc(OC[C@@](C)(N)CC(C)C)cc3c(=O)n(CCO)c12. The summed E-state index contributed by atoms with van der Waals surface area (Å²) < 4.78 is 7.53. The first-order valence-electron chi connectivity index (χ1n) is 9.68. The Morgan fingerprint density at radius 3 is 2.68 bits per heavy atom. The van der Waals surface area contributed by atoms with E-state index in [9.17, 15) is 9.90 Å². The summed E-state index contributed by atoms with van der Waals surface area (Å²) in [6.45, 7) is 8.59. The van der Waals surface area contributed by atoms with Gasteiger partial charge in [0.05, 0.1) is 23.2 Å². The Bertz CT molecular complexity index is 1050. The molecule has 3 rings (SSSR count). The second-order valence-corrected chi connectivity index (χ2v) is 8.22. The van der Waals surface area contributed by atoms with Gasteiger partial charge >= 0.3 is 0 Å². The molecule has 6 nitrogen and oxygen atoms in total. The third kappa shape index (κ3) is 4.03. The van der Waals surface area contributed by atoms with Crippen molar-refractivity contribution in [1.29, 1.82) is 0 Å². The molecule has 0 unspecified atom stereocenters. The molecule has 0 spiro atoms. The minimum atomic E-state index is -0.438. The third-order valence-corrected chi connectivity index (χ3v) is 4.90. The summed E-state index contributed by atoms with van der Waals surface area (Å²) >= 11 is 0. The molecule has 0 saturated heterocycles. The van der Waals surface area contributed by atoms with Crippen LogP contribution in [-0.2, 0) is 6.54 Å². The quantitative estimate of drug-likeness (QED) is 0.612. The van der Waals surface area contributed by atoms with Crippen LogP contribution in [0.15, 0.2) is 35.3 Å². The fraction of sp³-hybridized carbons (Fsp3) is 0.455. The van der Waals surface area contributed by atoms with Gasteiger partial charge in [-0.1, -0.05) is 13.8 Å². The number of aryl methyl sites for hydroxylation is 1. The van der Waals surface area contributed by atoms with Gasteiger partial charge in [-0.15, -0.1) is 0 Å². The molecule has 0 fully saturated rings. The lowest BCUT2D eigenvalue weighted by Crippen LogP contribution is -2.43. The molecular formula is C22H29N3O3. The first-order chi connectivity index (χ1) is 13.2. The van der Waals surface area contributed by atoms with Gasteiger partial charge in [0, 0.05) is 23.7 Å². The second-order valence-electron chi connectivity index (χ2n) is 8.22. The van der Waals surface area contributed by atoms with Gasteiger partial charge in [-0.05, 0) is 55.8 Å². The molecule has 0 bridgehead atoms. The van der Waals surface area contributed by atoms with E-state index in [1.165, 1.54) is 0 Å². The highest BCUT2D eigenvalue weighted by Crippen LogP contribution is 2.27. The van der Waals surface area contributed by atoms with E-state index in [0.717, 1.165) is 28.4 Å². The van der Waals surface area contributed by atoms with Crippen LogP contribution in [0, 0.1) is 12.8 Å². The van der Waals surface area contributed by atoms with Crippen LogP contribution < -0.4 is 16.0 Å². The van der Waals surface area contributed by atoms with Crippen LogP contribution >= 0.6 is 0 Å². The topological polar surface area (TPSA) is 90.4 Å². The minimum absolute atomic E-state index is 0.119. The van der Waals surface area contributed by atoms with Crippen molar-refractivity contribution in [3.63, 3.8) is 0 Å². The maximum atomic E-state index is 13.1. The molecule has 0 aliphatic carbocycles. The normalized spacial score (nSPS) is 14.0. The van der Waals surface area contributed by atoms with E-state index in [4.69, 9.17) is 10.5 Å². The summed E-state index contributed by atoms with van der Waals surface area (Å²) in [7, 11) is 0.